The smallest absolute Gasteiger partial charge is 0.254 e. The van der Waals surface area contributed by atoms with Crippen LogP contribution in [-0.4, -0.2) is 86.0 Å². The molecule has 0 aromatic heterocycles. The maximum atomic E-state index is 13.2. The topological polar surface area (TPSA) is 53.1 Å². The van der Waals surface area contributed by atoms with Gasteiger partial charge in [0.15, 0.2) is 0 Å². The van der Waals surface area contributed by atoms with Gasteiger partial charge in [0.2, 0.25) is 0 Å². The van der Waals surface area contributed by atoms with Crippen LogP contribution in [0.2, 0.25) is 0 Å². The first kappa shape index (κ1) is 22.8. The number of ether oxygens (including phenoxy) is 1. The molecule has 1 fully saturated rings. The Hall–Kier alpha value is -2.84. The summed E-state index contributed by atoms with van der Waals surface area (Å²) in [5, 5.41) is 0. The fourth-order valence-electron chi connectivity index (χ4n) is 3.41. The van der Waals surface area contributed by atoms with E-state index in [1.807, 2.05) is 19.0 Å². The highest BCUT2D eigenvalue weighted by Gasteiger charge is 2.28. The third-order valence-corrected chi connectivity index (χ3v) is 5.14. The number of amides is 2. The van der Waals surface area contributed by atoms with Gasteiger partial charge in [-0.05, 0) is 62.6 Å². The molecule has 31 heavy (non-hydrogen) atoms. The van der Waals surface area contributed by atoms with Gasteiger partial charge in [-0.1, -0.05) is 0 Å². The molecule has 6 nitrogen and oxygen atoms in total. The summed E-state index contributed by atoms with van der Waals surface area (Å²) in [6.07, 6.45) is -0.357. The van der Waals surface area contributed by atoms with Crippen molar-refractivity contribution in [3.63, 3.8) is 0 Å². The molecular weight excluding hydrogens is 404 g/mol. The van der Waals surface area contributed by atoms with E-state index in [9.17, 15) is 18.4 Å². The number of hydrogen-bond acceptors (Lipinski definition) is 4. The average Bonchev–Trinajstić information content (AvgIpc) is 2.77. The number of morpholine rings is 1. The molecule has 0 N–H and O–H groups in total. The van der Waals surface area contributed by atoms with Crippen LogP contribution >= 0.6 is 0 Å². The predicted molar refractivity (Wildman–Crippen MR) is 113 cm³/mol. The van der Waals surface area contributed by atoms with E-state index >= 15 is 0 Å². The third kappa shape index (κ3) is 6.32. The number of carbonyl (C=O) groups excluding carboxylic acids is 2. The third-order valence-electron chi connectivity index (χ3n) is 5.14. The molecule has 1 saturated heterocycles. The lowest BCUT2D eigenvalue weighted by atomic mass is 10.1. The molecule has 3 rings (SSSR count). The van der Waals surface area contributed by atoms with E-state index in [2.05, 4.69) is 0 Å². The van der Waals surface area contributed by atoms with E-state index in [1.165, 1.54) is 48.5 Å². The standard InChI is InChI=1S/C23H27F2N3O3/c1-26(2)11-12-27(22(29)17-3-7-19(24)8-4-17)15-21-16-28(13-14-31-21)23(30)18-5-9-20(25)10-6-18/h3-10,21H,11-16H2,1-2H3. The van der Waals surface area contributed by atoms with Crippen molar-refractivity contribution in [3.05, 3.63) is 71.3 Å². The summed E-state index contributed by atoms with van der Waals surface area (Å²) >= 11 is 0. The molecule has 2 aromatic rings. The van der Waals surface area contributed by atoms with E-state index < -0.39 is 11.6 Å². The van der Waals surface area contributed by atoms with Gasteiger partial charge >= 0.3 is 0 Å². The summed E-state index contributed by atoms with van der Waals surface area (Å²) in [5.74, 6) is -1.21. The summed E-state index contributed by atoms with van der Waals surface area (Å²) in [4.78, 5) is 31.1. The minimum Gasteiger partial charge on any atom is -0.373 e. The fraction of sp³-hybridized carbons (Fsp3) is 0.391. The van der Waals surface area contributed by atoms with Crippen molar-refractivity contribution >= 4 is 11.8 Å². The zero-order valence-electron chi connectivity index (χ0n) is 17.8. The van der Waals surface area contributed by atoms with Crippen LogP contribution in [0, 0.1) is 11.6 Å². The van der Waals surface area contributed by atoms with Gasteiger partial charge in [0.1, 0.15) is 11.6 Å². The predicted octanol–water partition coefficient (Wildman–Crippen LogP) is 2.51. The van der Waals surface area contributed by atoms with Crippen molar-refractivity contribution in [2.75, 3.05) is 53.4 Å². The van der Waals surface area contributed by atoms with Gasteiger partial charge in [0.25, 0.3) is 11.8 Å². The molecule has 0 radical (unpaired) electrons. The average molecular weight is 431 g/mol. The summed E-state index contributed by atoms with van der Waals surface area (Å²) in [5.41, 5.74) is 0.809. The quantitative estimate of drug-likeness (QED) is 0.676. The number of hydrogen-bond donors (Lipinski definition) is 0. The highest BCUT2D eigenvalue weighted by Crippen LogP contribution is 2.14. The highest BCUT2D eigenvalue weighted by molar-refractivity contribution is 5.95. The van der Waals surface area contributed by atoms with Gasteiger partial charge in [-0.25, -0.2) is 8.78 Å². The number of halogens is 2. The second kappa shape index (κ2) is 10.5. The van der Waals surface area contributed by atoms with Crippen molar-refractivity contribution in [2.24, 2.45) is 0 Å². The maximum absolute atomic E-state index is 13.2. The highest BCUT2D eigenvalue weighted by atomic mass is 19.1. The van der Waals surface area contributed by atoms with Crippen molar-refractivity contribution in [2.45, 2.75) is 6.10 Å². The first-order valence-corrected chi connectivity index (χ1v) is 10.2. The minimum atomic E-state index is -0.401. The maximum Gasteiger partial charge on any atom is 0.254 e. The molecule has 1 aliphatic heterocycles. The Balaban J connectivity index is 1.69. The Morgan fingerprint density at radius 2 is 1.55 bits per heavy atom. The Morgan fingerprint density at radius 1 is 0.968 bits per heavy atom. The molecule has 1 unspecified atom stereocenters. The summed E-state index contributed by atoms with van der Waals surface area (Å²) in [6.45, 7) is 2.52. The van der Waals surface area contributed by atoms with E-state index in [4.69, 9.17) is 4.74 Å². The van der Waals surface area contributed by atoms with E-state index in [-0.39, 0.29) is 17.9 Å². The second-order valence-electron chi connectivity index (χ2n) is 7.81. The molecule has 8 heteroatoms. The molecule has 0 bridgehead atoms. The molecule has 2 amide bonds. The van der Waals surface area contributed by atoms with Gasteiger partial charge in [-0.3, -0.25) is 9.59 Å². The summed E-state index contributed by atoms with van der Waals surface area (Å²) < 4.78 is 32.2. The zero-order chi connectivity index (χ0) is 22.4. The van der Waals surface area contributed by atoms with Crippen LogP contribution < -0.4 is 0 Å². The summed E-state index contributed by atoms with van der Waals surface area (Å²) in [7, 11) is 3.83. The lowest BCUT2D eigenvalue weighted by Crippen LogP contribution is -2.51. The molecule has 0 saturated carbocycles. The van der Waals surface area contributed by atoms with Crippen LogP contribution in [0.25, 0.3) is 0 Å². The number of nitrogens with zero attached hydrogens (tertiary/aromatic N) is 3. The number of likely N-dealkylation sites (N-methyl/N-ethyl adjacent to an activating group) is 1. The Kier molecular flexibility index (Phi) is 7.70. The summed E-state index contributed by atoms with van der Waals surface area (Å²) in [6, 6.07) is 10.9. The van der Waals surface area contributed by atoms with E-state index in [1.54, 1.807) is 9.80 Å². The Morgan fingerprint density at radius 3 is 2.13 bits per heavy atom. The molecular formula is C23H27F2N3O3. The first-order valence-electron chi connectivity index (χ1n) is 10.2. The van der Waals surface area contributed by atoms with Gasteiger partial charge in [-0.2, -0.15) is 0 Å². The van der Waals surface area contributed by atoms with Crippen molar-refractivity contribution < 1.29 is 23.1 Å². The van der Waals surface area contributed by atoms with Crippen molar-refractivity contribution in [3.8, 4) is 0 Å². The van der Waals surface area contributed by atoms with Crippen LogP contribution in [0.3, 0.4) is 0 Å². The normalized spacial score (nSPS) is 16.4. The lowest BCUT2D eigenvalue weighted by molar-refractivity contribution is -0.0334. The Labute approximate surface area is 181 Å². The lowest BCUT2D eigenvalue weighted by Gasteiger charge is -2.36. The van der Waals surface area contributed by atoms with Crippen molar-refractivity contribution in [1.82, 2.24) is 14.7 Å². The number of benzene rings is 2. The van der Waals surface area contributed by atoms with Crippen LogP contribution in [-0.2, 0) is 4.74 Å². The first-order chi connectivity index (χ1) is 14.8. The van der Waals surface area contributed by atoms with Gasteiger partial charge in [0.05, 0.1) is 12.7 Å². The van der Waals surface area contributed by atoms with E-state index in [0.29, 0.717) is 50.5 Å². The number of carbonyl (C=O) groups is 2. The largest absolute Gasteiger partial charge is 0.373 e. The van der Waals surface area contributed by atoms with Crippen LogP contribution in [0.1, 0.15) is 20.7 Å². The van der Waals surface area contributed by atoms with Gasteiger partial charge in [0, 0.05) is 43.9 Å². The molecule has 1 aliphatic rings. The Bertz CT molecular complexity index is 888. The molecule has 166 valence electrons. The second-order valence-corrected chi connectivity index (χ2v) is 7.81. The molecule has 0 spiro atoms. The van der Waals surface area contributed by atoms with E-state index in [0.717, 1.165) is 0 Å². The van der Waals surface area contributed by atoms with Crippen LogP contribution in [0.15, 0.2) is 48.5 Å². The minimum absolute atomic E-state index is 0.196. The molecule has 1 heterocycles. The number of rotatable bonds is 7. The molecule has 2 aromatic carbocycles. The molecule has 0 aliphatic carbocycles. The SMILES string of the molecule is CN(C)CCN(CC1CN(C(=O)c2ccc(F)cc2)CCO1)C(=O)c1ccc(F)cc1. The van der Waals surface area contributed by atoms with Crippen molar-refractivity contribution in [1.29, 1.82) is 0 Å². The monoisotopic (exact) mass is 431 g/mol. The molecule has 1 atom stereocenters. The fourth-order valence-corrected chi connectivity index (χ4v) is 3.41. The van der Waals surface area contributed by atoms with Crippen LogP contribution in [0.4, 0.5) is 8.78 Å². The van der Waals surface area contributed by atoms with Gasteiger partial charge in [-0.15, -0.1) is 0 Å². The van der Waals surface area contributed by atoms with Crippen LogP contribution in [0.5, 0.6) is 0 Å². The zero-order valence-corrected chi connectivity index (χ0v) is 17.8. The van der Waals surface area contributed by atoms with Gasteiger partial charge < -0.3 is 19.4 Å².